The standard InChI is InChI=1S/C17H22F4N2/c18-15-8-13(7-14(9-15)17(19,20)21)11-23-5-3-16(4-6-23)22-10-12-1-2-12/h7-9,12,16,22H,1-6,10-11H2. The van der Waals surface area contributed by atoms with Crippen molar-refractivity contribution < 1.29 is 17.6 Å². The molecule has 23 heavy (non-hydrogen) atoms. The van der Waals surface area contributed by atoms with Crippen molar-refractivity contribution in [1.29, 1.82) is 0 Å². The lowest BCUT2D eigenvalue weighted by molar-refractivity contribution is -0.137. The van der Waals surface area contributed by atoms with Crippen LogP contribution in [0.5, 0.6) is 0 Å². The Hall–Kier alpha value is -1.14. The van der Waals surface area contributed by atoms with E-state index in [1.807, 2.05) is 0 Å². The Morgan fingerprint density at radius 3 is 2.35 bits per heavy atom. The fourth-order valence-electron chi connectivity index (χ4n) is 3.11. The second-order valence-electron chi connectivity index (χ2n) is 6.75. The van der Waals surface area contributed by atoms with Crippen molar-refractivity contribution in [3.8, 4) is 0 Å². The van der Waals surface area contributed by atoms with Gasteiger partial charge in [-0.3, -0.25) is 4.90 Å². The van der Waals surface area contributed by atoms with Gasteiger partial charge in [-0.2, -0.15) is 13.2 Å². The quantitative estimate of drug-likeness (QED) is 0.826. The normalized spacial score (nSPS) is 20.9. The average Bonchev–Trinajstić information content (AvgIpc) is 3.29. The van der Waals surface area contributed by atoms with Crippen LogP contribution in [0.15, 0.2) is 18.2 Å². The zero-order valence-corrected chi connectivity index (χ0v) is 13.0. The van der Waals surface area contributed by atoms with E-state index in [1.165, 1.54) is 18.9 Å². The third-order valence-corrected chi connectivity index (χ3v) is 4.67. The molecule has 1 aliphatic heterocycles. The van der Waals surface area contributed by atoms with Crippen LogP contribution in [0.3, 0.4) is 0 Å². The Morgan fingerprint density at radius 2 is 1.74 bits per heavy atom. The van der Waals surface area contributed by atoms with Gasteiger partial charge in [-0.1, -0.05) is 0 Å². The molecule has 2 aliphatic rings. The molecule has 1 aliphatic carbocycles. The van der Waals surface area contributed by atoms with Crippen LogP contribution in [-0.4, -0.2) is 30.6 Å². The summed E-state index contributed by atoms with van der Waals surface area (Å²) in [6.07, 6.45) is 0.138. The van der Waals surface area contributed by atoms with Crippen LogP contribution in [0.25, 0.3) is 0 Å². The molecule has 3 rings (SSSR count). The van der Waals surface area contributed by atoms with Crippen LogP contribution >= 0.6 is 0 Å². The van der Waals surface area contributed by atoms with Crippen molar-refractivity contribution in [3.05, 3.63) is 35.1 Å². The number of nitrogens with zero attached hydrogens (tertiary/aromatic N) is 1. The van der Waals surface area contributed by atoms with Gasteiger partial charge in [0.15, 0.2) is 0 Å². The molecule has 1 saturated heterocycles. The van der Waals surface area contributed by atoms with E-state index >= 15 is 0 Å². The summed E-state index contributed by atoms with van der Waals surface area (Å²) in [7, 11) is 0. The van der Waals surface area contributed by atoms with Gasteiger partial charge in [0.05, 0.1) is 5.56 Å². The highest BCUT2D eigenvalue weighted by Gasteiger charge is 2.31. The third kappa shape index (κ3) is 4.91. The Kier molecular flexibility index (Phi) is 4.92. The van der Waals surface area contributed by atoms with Gasteiger partial charge in [0, 0.05) is 12.6 Å². The van der Waals surface area contributed by atoms with Crippen molar-refractivity contribution in [1.82, 2.24) is 10.2 Å². The zero-order valence-electron chi connectivity index (χ0n) is 13.0. The maximum atomic E-state index is 13.4. The molecular formula is C17H22F4N2. The maximum absolute atomic E-state index is 13.4. The highest BCUT2D eigenvalue weighted by atomic mass is 19.4. The van der Waals surface area contributed by atoms with Gasteiger partial charge in [-0.15, -0.1) is 0 Å². The van der Waals surface area contributed by atoms with Gasteiger partial charge in [0.1, 0.15) is 5.82 Å². The number of alkyl halides is 3. The van der Waals surface area contributed by atoms with E-state index in [0.29, 0.717) is 24.2 Å². The van der Waals surface area contributed by atoms with E-state index in [9.17, 15) is 17.6 Å². The second kappa shape index (κ2) is 6.77. The Morgan fingerprint density at radius 1 is 1.04 bits per heavy atom. The molecule has 1 aromatic carbocycles. The minimum atomic E-state index is -4.50. The average molecular weight is 330 g/mol. The van der Waals surface area contributed by atoms with Crippen LogP contribution in [0.2, 0.25) is 0 Å². The third-order valence-electron chi connectivity index (χ3n) is 4.67. The Balaban J connectivity index is 1.52. The minimum Gasteiger partial charge on any atom is -0.314 e. The van der Waals surface area contributed by atoms with E-state index in [4.69, 9.17) is 0 Å². The van der Waals surface area contributed by atoms with Crippen LogP contribution in [-0.2, 0) is 12.7 Å². The number of benzene rings is 1. The molecule has 0 radical (unpaired) electrons. The summed E-state index contributed by atoms with van der Waals surface area (Å²) in [5.41, 5.74) is -0.518. The second-order valence-corrected chi connectivity index (χ2v) is 6.75. The van der Waals surface area contributed by atoms with E-state index < -0.39 is 17.6 Å². The van der Waals surface area contributed by atoms with Gasteiger partial charge in [-0.25, -0.2) is 4.39 Å². The van der Waals surface area contributed by atoms with Crippen molar-refractivity contribution in [2.45, 2.75) is 44.4 Å². The molecule has 0 aromatic heterocycles. The van der Waals surface area contributed by atoms with Crippen molar-refractivity contribution in [2.24, 2.45) is 5.92 Å². The van der Waals surface area contributed by atoms with E-state index in [1.54, 1.807) is 0 Å². The summed E-state index contributed by atoms with van der Waals surface area (Å²) in [6.45, 7) is 3.13. The largest absolute Gasteiger partial charge is 0.416 e. The predicted molar refractivity (Wildman–Crippen MR) is 80.4 cm³/mol. The summed E-state index contributed by atoms with van der Waals surface area (Å²) >= 11 is 0. The Bertz CT molecular complexity index is 532. The molecule has 1 aromatic rings. The lowest BCUT2D eigenvalue weighted by Crippen LogP contribution is -2.42. The molecule has 0 unspecified atom stereocenters. The van der Waals surface area contributed by atoms with E-state index in [2.05, 4.69) is 10.2 Å². The number of hydrogen-bond donors (Lipinski definition) is 1. The molecule has 1 saturated carbocycles. The first-order chi connectivity index (χ1) is 10.9. The number of halogens is 4. The molecule has 0 spiro atoms. The first-order valence-corrected chi connectivity index (χ1v) is 8.22. The summed E-state index contributed by atoms with van der Waals surface area (Å²) < 4.78 is 51.7. The molecule has 2 fully saturated rings. The summed E-state index contributed by atoms with van der Waals surface area (Å²) in [6, 6.07) is 3.31. The summed E-state index contributed by atoms with van der Waals surface area (Å²) in [5, 5.41) is 3.57. The lowest BCUT2D eigenvalue weighted by atomic mass is 10.0. The molecule has 128 valence electrons. The fourth-order valence-corrected chi connectivity index (χ4v) is 3.11. The topological polar surface area (TPSA) is 15.3 Å². The molecular weight excluding hydrogens is 308 g/mol. The van der Waals surface area contributed by atoms with Crippen molar-refractivity contribution in [3.63, 3.8) is 0 Å². The highest BCUT2D eigenvalue weighted by molar-refractivity contribution is 5.26. The highest BCUT2D eigenvalue weighted by Crippen LogP contribution is 2.31. The molecule has 1 heterocycles. The number of likely N-dealkylation sites (tertiary alicyclic amines) is 1. The fraction of sp³-hybridized carbons (Fsp3) is 0.647. The van der Waals surface area contributed by atoms with Crippen LogP contribution < -0.4 is 5.32 Å². The van der Waals surface area contributed by atoms with Gasteiger partial charge in [0.2, 0.25) is 0 Å². The van der Waals surface area contributed by atoms with E-state index in [0.717, 1.165) is 44.5 Å². The van der Waals surface area contributed by atoms with Gasteiger partial charge >= 0.3 is 6.18 Å². The lowest BCUT2D eigenvalue weighted by Gasteiger charge is -2.32. The number of hydrogen-bond acceptors (Lipinski definition) is 2. The van der Waals surface area contributed by atoms with Crippen molar-refractivity contribution in [2.75, 3.05) is 19.6 Å². The van der Waals surface area contributed by atoms with E-state index in [-0.39, 0.29) is 0 Å². The predicted octanol–water partition coefficient (Wildman–Crippen LogP) is 3.81. The molecule has 1 N–H and O–H groups in total. The SMILES string of the molecule is Fc1cc(CN2CCC(NCC3CC3)CC2)cc(C(F)(F)F)c1. The first kappa shape index (κ1) is 16.7. The number of piperidine rings is 1. The number of rotatable bonds is 5. The molecule has 2 nitrogen and oxygen atoms in total. The van der Waals surface area contributed by atoms with Crippen LogP contribution in [0.1, 0.15) is 36.8 Å². The molecule has 0 atom stereocenters. The summed E-state index contributed by atoms with van der Waals surface area (Å²) in [5.74, 6) is 0.0249. The van der Waals surface area contributed by atoms with Gasteiger partial charge in [-0.05, 0) is 75.0 Å². The molecule has 0 amide bonds. The molecule has 0 bridgehead atoms. The first-order valence-electron chi connectivity index (χ1n) is 8.22. The van der Waals surface area contributed by atoms with Crippen molar-refractivity contribution >= 4 is 0 Å². The monoisotopic (exact) mass is 330 g/mol. The Labute approximate surface area is 133 Å². The van der Waals surface area contributed by atoms with Gasteiger partial charge in [0.25, 0.3) is 0 Å². The smallest absolute Gasteiger partial charge is 0.314 e. The van der Waals surface area contributed by atoms with Crippen LogP contribution in [0.4, 0.5) is 17.6 Å². The zero-order chi connectivity index (χ0) is 16.4. The van der Waals surface area contributed by atoms with Crippen LogP contribution in [0, 0.1) is 11.7 Å². The minimum absolute atomic E-state index is 0.371. The van der Waals surface area contributed by atoms with Gasteiger partial charge < -0.3 is 5.32 Å². The summed E-state index contributed by atoms with van der Waals surface area (Å²) in [4.78, 5) is 2.10. The maximum Gasteiger partial charge on any atom is 0.416 e. The molecule has 6 heteroatoms. The number of nitrogens with one attached hydrogen (secondary N) is 1.